The Morgan fingerprint density at radius 3 is 2.20 bits per heavy atom. The monoisotopic (exact) mass is 381 g/mol. The molecule has 25 heavy (non-hydrogen) atoms. The van der Waals surface area contributed by atoms with Gasteiger partial charge in [0.15, 0.2) is 9.84 Å². The zero-order valence-corrected chi connectivity index (χ0v) is 14.8. The first kappa shape index (κ1) is 17.7. The van der Waals surface area contributed by atoms with Crippen LogP contribution < -0.4 is 10.5 Å². The number of nitrogens with two attached hydrogens (primary N) is 1. The molecular weight excluding hydrogens is 366 g/mol. The van der Waals surface area contributed by atoms with Crippen molar-refractivity contribution in [2.75, 3.05) is 7.11 Å². The molecule has 0 unspecified atom stereocenters. The van der Waals surface area contributed by atoms with Crippen LogP contribution in [-0.2, 0) is 14.6 Å². The SMILES string of the molecule is COc1ccc([C@H]2[C@@H](S(=O)(=O)c3ccc(Cl)cc3)[C@@]2(N)C(=O)O)cc1. The van der Waals surface area contributed by atoms with Crippen LogP contribution in [0.5, 0.6) is 5.75 Å². The molecule has 132 valence electrons. The molecule has 3 rings (SSSR count). The first-order chi connectivity index (χ1) is 11.7. The maximum absolute atomic E-state index is 12.9. The lowest BCUT2D eigenvalue weighted by molar-refractivity contribution is -0.139. The number of ether oxygens (including phenoxy) is 1. The Kier molecular flexibility index (Phi) is 4.26. The van der Waals surface area contributed by atoms with Crippen LogP contribution >= 0.6 is 11.6 Å². The van der Waals surface area contributed by atoms with Crippen LogP contribution in [0.1, 0.15) is 11.5 Å². The molecule has 0 aliphatic heterocycles. The third kappa shape index (κ3) is 2.78. The van der Waals surface area contributed by atoms with E-state index in [2.05, 4.69) is 0 Å². The van der Waals surface area contributed by atoms with Crippen LogP contribution in [0.3, 0.4) is 0 Å². The number of benzene rings is 2. The van der Waals surface area contributed by atoms with Gasteiger partial charge in [0.05, 0.1) is 12.0 Å². The number of rotatable bonds is 5. The van der Waals surface area contributed by atoms with Gasteiger partial charge in [-0.15, -0.1) is 0 Å². The molecule has 1 aliphatic rings. The van der Waals surface area contributed by atoms with Crippen LogP contribution in [0.25, 0.3) is 0 Å². The molecule has 0 heterocycles. The van der Waals surface area contributed by atoms with E-state index >= 15 is 0 Å². The van der Waals surface area contributed by atoms with Gasteiger partial charge in [0.2, 0.25) is 0 Å². The minimum absolute atomic E-state index is 0.00557. The second kappa shape index (κ2) is 6.01. The highest BCUT2D eigenvalue weighted by atomic mass is 35.5. The fraction of sp³-hybridized carbons (Fsp3) is 0.235. The molecule has 2 aromatic rings. The Morgan fingerprint density at radius 2 is 1.72 bits per heavy atom. The summed E-state index contributed by atoms with van der Waals surface area (Å²) in [5, 5.41) is 8.66. The molecule has 0 aromatic heterocycles. The summed E-state index contributed by atoms with van der Waals surface area (Å²) in [7, 11) is -2.44. The Labute approximate surface area is 150 Å². The van der Waals surface area contributed by atoms with Crippen molar-refractivity contribution in [3.05, 3.63) is 59.1 Å². The van der Waals surface area contributed by atoms with E-state index in [0.717, 1.165) is 0 Å². The van der Waals surface area contributed by atoms with Crippen molar-refractivity contribution < 1.29 is 23.1 Å². The highest BCUT2D eigenvalue weighted by Crippen LogP contribution is 2.56. The van der Waals surface area contributed by atoms with Gasteiger partial charge in [-0.1, -0.05) is 23.7 Å². The van der Waals surface area contributed by atoms with Gasteiger partial charge >= 0.3 is 5.97 Å². The lowest BCUT2D eigenvalue weighted by Crippen LogP contribution is -2.39. The minimum atomic E-state index is -3.94. The van der Waals surface area contributed by atoms with Crippen molar-refractivity contribution in [1.82, 2.24) is 0 Å². The highest BCUT2D eigenvalue weighted by Gasteiger charge is 2.74. The summed E-state index contributed by atoms with van der Waals surface area (Å²) in [6, 6.07) is 12.1. The van der Waals surface area contributed by atoms with Gasteiger partial charge in [0, 0.05) is 10.9 Å². The van der Waals surface area contributed by atoms with E-state index in [1.54, 1.807) is 24.3 Å². The first-order valence-corrected chi connectivity index (χ1v) is 9.31. The number of sulfone groups is 1. The predicted octanol–water partition coefficient (Wildman–Crippen LogP) is 2.07. The zero-order chi connectivity index (χ0) is 18.4. The van der Waals surface area contributed by atoms with Crippen molar-refractivity contribution >= 4 is 27.4 Å². The Balaban J connectivity index is 2.03. The fourth-order valence-electron chi connectivity index (χ4n) is 3.10. The lowest BCUT2D eigenvalue weighted by Gasteiger charge is -2.07. The number of aliphatic carboxylic acids is 1. The number of carboxylic acid groups (broad SMARTS) is 1. The van der Waals surface area contributed by atoms with E-state index in [1.807, 2.05) is 0 Å². The van der Waals surface area contributed by atoms with Crippen molar-refractivity contribution in [2.24, 2.45) is 5.73 Å². The van der Waals surface area contributed by atoms with Crippen molar-refractivity contribution in [1.29, 1.82) is 0 Å². The fourth-order valence-corrected chi connectivity index (χ4v) is 5.46. The van der Waals surface area contributed by atoms with E-state index in [1.165, 1.54) is 31.4 Å². The molecule has 1 fully saturated rings. The third-order valence-corrected chi connectivity index (χ3v) is 7.01. The van der Waals surface area contributed by atoms with Gasteiger partial charge in [-0.2, -0.15) is 0 Å². The molecule has 0 amide bonds. The summed E-state index contributed by atoms with van der Waals surface area (Å²) in [6.45, 7) is 0. The number of hydrogen-bond acceptors (Lipinski definition) is 5. The van der Waals surface area contributed by atoms with Gasteiger partial charge in [0.25, 0.3) is 0 Å². The summed E-state index contributed by atoms with van der Waals surface area (Å²) >= 11 is 5.79. The lowest BCUT2D eigenvalue weighted by atomic mass is 10.1. The Bertz CT molecular complexity index is 911. The minimum Gasteiger partial charge on any atom is -0.497 e. The Morgan fingerprint density at radius 1 is 1.16 bits per heavy atom. The Hall–Kier alpha value is -2.09. The number of halogens is 1. The molecule has 2 aromatic carbocycles. The molecule has 1 aliphatic carbocycles. The largest absolute Gasteiger partial charge is 0.497 e. The average molecular weight is 382 g/mol. The van der Waals surface area contributed by atoms with Gasteiger partial charge < -0.3 is 15.6 Å². The van der Waals surface area contributed by atoms with Crippen LogP contribution in [0.15, 0.2) is 53.4 Å². The number of carbonyl (C=O) groups is 1. The van der Waals surface area contributed by atoms with E-state index < -0.39 is 32.5 Å². The third-order valence-electron chi connectivity index (χ3n) is 4.50. The van der Waals surface area contributed by atoms with E-state index in [4.69, 9.17) is 22.1 Å². The number of carboxylic acids is 1. The first-order valence-electron chi connectivity index (χ1n) is 7.38. The molecule has 8 heteroatoms. The summed E-state index contributed by atoms with van der Waals surface area (Å²) in [5.74, 6) is -1.62. The number of methoxy groups -OCH3 is 1. The summed E-state index contributed by atoms with van der Waals surface area (Å²) in [5.41, 5.74) is 4.65. The van der Waals surface area contributed by atoms with Crippen molar-refractivity contribution in [2.45, 2.75) is 21.6 Å². The summed E-state index contributed by atoms with van der Waals surface area (Å²) in [6.07, 6.45) is 0. The van der Waals surface area contributed by atoms with Crippen LogP contribution in [0, 0.1) is 0 Å². The highest BCUT2D eigenvalue weighted by molar-refractivity contribution is 7.92. The molecule has 6 nitrogen and oxygen atoms in total. The topological polar surface area (TPSA) is 107 Å². The van der Waals surface area contributed by atoms with Gasteiger partial charge in [-0.05, 0) is 42.0 Å². The average Bonchev–Trinajstić information content (AvgIpc) is 3.24. The van der Waals surface area contributed by atoms with Crippen LogP contribution in [0.4, 0.5) is 0 Å². The van der Waals surface area contributed by atoms with E-state index in [0.29, 0.717) is 16.3 Å². The number of hydrogen-bond donors (Lipinski definition) is 2. The van der Waals surface area contributed by atoms with E-state index in [-0.39, 0.29) is 4.90 Å². The van der Waals surface area contributed by atoms with Gasteiger partial charge in [-0.3, -0.25) is 4.79 Å². The summed E-state index contributed by atoms with van der Waals surface area (Å²) in [4.78, 5) is 11.7. The predicted molar refractivity (Wildman–Crippen MR) is 92.7 cm³/mol. The second-order valence-corrected chi connectivity index (χ2v) is 8.41. The van der Waals surface area contributed by atoms with Crippen LogP contribution in [0.2, 0.25) is 5.02 Å². The molecule has 3 N–H and O–H groups in total. The second-order valence-electron chi connectivity index (χ2n) is 5.91. The molecule has 3 atom stereocenters. The van der Waals surface area contributed by atoms with Crippen molar-refractivity contribution in [3.8, 4) is 5.75 Å². The molecule has 0 spiro atoms. The smallest absolute Gasteiger partial charge is 0.325 e. The normalized spacial score (nSPS) is 25.4. The molecular formula is C17H16ClNO5S. The molecule has 0 radical (unpaired) electrons. The van der Waals surface area contributed by atoms with E-state index in [9.17, 15) is 18.3 Å². The van der Waals surface area contributed by atoms with Crippen LogP contribution in [-0.4, -0.2) is 37.4 Å². The maximum atomic E-state index is 12.9. The van der Waals surface area contributed by atoms with Gasteiger partial charge in [-0.25, -0.2) is 8.42 Å². The summed E-state index contributed by atoms with van der Waals surface area (Å²) < 4.78 is 30.9. The molecule has 0 bridgehead atoms. The van der Waals surface area contributed by atoms with Gasteiger partial charge in [0.1, 0.15) is 16.5 Å². The molecule has 0 saturated heterocycles. The standard InChI is InChI=1S/C17H16ClNO5S/c1-24-12-6-2-10(3-7-12)14-15(17(14,19)16(20)21)25(22,23)13-8-4-11(18)5-9-13/h2-9,14-15H,19H2,1H3,(H,20,21)/t14-,15+,17+/m0/s1. The maximum Gasteiger partial charge on any atom is 0.325 e. The zero-order valence-electron chi connectivity index (χ0n) is 13.2. The molecule has 1 saturated carbocycles. The quantitative estimate of drug-likeness (QED) is 0.821. The van der Waals surface area contributed by atoms with Crippen molar-refractivity contribution in [3.63, 3.8) is 0 Å².